The van der Waals surface area contributed by atoms with E-state index in [4.69, 9.17) is 4.98 Å². The van der Waals surface area contributed by atoms with Gasteiger partial charge in [0.1, 0.15) is 0 Å². The number of fused-ring (bicyclic) bond motifs is 6. The van der Waals surface area contributed by atoms with Crippen LogP contribution in [0.25, 0.3) is 92.4 Å². The van der Waals surface area contributed by atoms with Gasteiger partial charge in [0, 0.05) is 47.8 Å². The minimum Gasteiger partial charge on any atom is -0.309 e. The van der Waals surface area contributed by atoms with Crippen LogP contribution in [0.15, 0.2) is 182 Å². The third-order valence-corrected chi connectivity index (χ3v) is 11.0. The first kappa shape index (κ1) is 28.7. The lowest BCUT2D eigenvalue weighted by molar-refractivity contribution is 1.18. The van der Waals surface area contributed by atoms with Crippen LogP contribution >= 0.6 is 11.3 Å². The van der Waals surface area contributed by atoms with E-state index in [9.17, 15) is 0 Å². The number of hydrogen-bond donors (Lipinski definition) is 0. The molecule has 50 heavy (non-hydrogen) atoms. The van der Waals surface area contributed by atoms with E-state index in [-0.39, 0.29) is 0 Å². The summed E-state index contributed by atoms with van der Waals surface area (Å²) in [4.78, 5) is 5.50. The molecule has 3 aromatic heterocycles. The van der Waals surface area contributed by atoms with Gasteiger partial charge < -0.3 is 4.57 Å². The first-order valence-electron chi connectivity index (χ1n) is 17.0. The Hall–Kier alpha value is -6.29. The third kappa shape index (κ3) is 4.67. The maximum absolute atomic E-state index is 5.50. The molecule has 0 aliphatic rings. The van der Waals surface area contributed by atoms with E-state index >= 15 is 0 Å². The van der Waals surface area contributed by atoms with Gasteiger partial charge in [-0.05, 0) is 64.7 Å². The number of para-hydroxylation sites is 3. The highest BCUT2D eigenvalue weighted by molar-refractivity contribution is 7.26. The molecule has 0 aliphatic carbocycles. The van der Waals surface area contributed by atoms with E-state index in [1.165, 1.54) is 53.2 Å². The average molecular weight is 655 g/mol. The van der Waals surface area contributed by atoms with Crippen LogP contribution < -0.4 is 0 Å². The van der Waals surface area contributed by atoms with Gasteiger partial charge in [-0.2, -0.15) is 0 Å². The zero-order valence-electron chi connectivity index (χ0n) is 27.1. The maximum Gasteiger partial charge on any atom is 0.0737 e. The van der Waals surface area contributed by atoms with Crippen LogP contribution in [0.2, 0.25) is 0 Å². The van der Waals surface area contributed by atoms with Crippen molar-refractivity contribution in [2.24, 2.45) is 0 Å². The Morgan fingerprint density at radius 2 is 1.02 bits per heavy atom. The maximum atomic E-state index is 5.50. The quantitative estimate of drug-likeness (QED) is 0.181. The summed E-state index contributed by atoms with van der Waals surface area (Å²) in [5.41, 5.74) is 12.3. The molecule has 0 radical (unpaired) electrons. The SMILES string of the molecule is c1ccc(-c2cccc(-c3cc(-c4cccc5c4sc4ccccc45)cc(-c4cccc5c6ccccc6n(-c6ccccc6)c45)n3)c2)cc1. The summed E-state index contributed by atoms with van der Waals surface area (Å²) in [6.07, 6.45) is 0. The Morgan fingerprint density at radius 3 is 1.88 bits per heavy atom. The molecule has 0 saturated heterocycles. The summed E-state index contributed by atoms with van der Waals surface area (Å²) in [7, 11) is 0. The van der Waals surface area contributed by atoms with E-state index in [1.54, 1.807) is 0 Å². The standard InChI is InChI=1S/C47H30N2S/c1-3-14-31(15-4-1)32-16-11-17-33(28-32)42-29-34(36-22-12-24-40-38-21-8-10-27-45(38)50-47(36)40)30-43(48-42)41-25-13-23-39-37-20-7-9-26-44(37)49(46(39)41)35-18-5-2-6-19-35/h1-30H. The molecule has 0 unspecified atom stereocenters. The topological polar surface area (TPSA) is 17.8 Å². The summed E-state index contributed by atoms with van der Waals surface area (Å²) >= 11 is 1.87. The van der Waals surface area contributed by atoms with Gasteiger partial charge in [-0.15, -0.1) is 11.3 Å². The molecule has 3 heterocycles. The molecule has 0 amide bonds. The van der Waals surface area contributed by atoms with Crippen LogP contribution in [0.4, 0.5) is 0 Å². The van der Waals surface area contributed by atoms with Crippen molar-refractivity contribution in [3.63, 3.8) is 0 Å². The minimum atomic E-state index is 0.950. The predicted octanol–water partition coefficient (Wildman–Crippen LogP) is 13.2. The van der Waals surface area contributed by atoms with Gasteiger partial charge in [0.15, 0.2) is 0 Å². The second-order valence-electron chi connectivity index (χ2n) is 12.7. The van der Waals surface area contributed by atoms with Gasteiger partial charge >= 0.3 is 0 Å². The fourth-order valence-corrected chi connectivity index (χ4v) is 8.74. The summed E-state index contributed by atoms with van der Waals surface area (Å²) in [6, 6.07) is 65.4. The molecular formula is C47H30N2S. The molecule has 0 saturated carbocycles. The van der Waals surface area contributed by atoms with Crippen molar-refractivity contribution in [3.8, 4) is 50.5 Å². The normalized spacial score (nSPS) is 11.6. The van der Waals surface area contributed by atoms with Gasteiger partial charge in [-0.1, -0.05) is 140 Å². The molecule has 0 bridgehead atoms. The van der Waals surface area contributed by atoms with Gasteiger partial charge in [0.2, 0.25) is 0 Å². The molecule has 7 aromatic carbocycles. The molecular weight excluding hydrogens is 625 g/mol. The number of pyridine rings is 1. The van der Waals surface area contributed by atoms with Crippen LogP contribution in [0.1, 0.15) is 0 Å². The summed E-state index contributed by atoms with van der Waals surface area (Å²) in [5.74, 6) is 0. The molecule has 234 valence electrons. The molecule has 2 nitrogen and oxygen atoms in total. The van der Waals surface area contributed by atoms with Crippen molar-refractivity contribution in [3.05, 3.63) is 182 Å². The van der Waals surface area contributed by atoms with Crippen molar-refractivity contribution >= 4 is 53.3 Å². The van der Waals surface area contributed by atoms with Crippen LogP contribution in [-0.2, 0) is 0 Å². The smallest absolute Gasteiger partial charge is 0.0737 e. The number of thiophene rings is 1. The van der Waals surface area contributed by atoms with E-state index in [0.29, 0.717) is 0 Å². The van der Waals surface area contributed by atoms with Crippen LogP contribution in [0, 0.1) is 0 Å². The highest BCUT2D eigenvalue weighted by Crippen LogP contribution is 2.43. The average Bonchev–Trinajstić information content (AvgIpc) is 3.75. The number of benzene rings is 7. The van der Waals surface area contributed by atoms with E-state index in [0.717, 1.165) is 39.3 Å². The number of hydrogen-bond acceptors (Lipinski definition) is 2. The van der Waals surface area contributed by atoms with E-state index in [2.05, 4.69) is 187 Å². The second-order valence-corrected chi connectivity index (χ2v) is 13.8. The molecule has 0 aliphatic heterocycles. The highest BCUT2D eigenvalue weighted by atomic mass is 32.1. The van der Waals surface area contributed by atoms with Crippen molar-refractivity contribution in [1.29, 1.82) is 0 Å². The third-order valence-electron chi connectivity index (χ3n) is 9.79. The predicted molar refractivity (Wildman–Crippen MR) is 213 cm³/mol. The summed E-state index contributed by atoms with van der Waals surface area (Å²) < 4.78 is 5.00. The fourth-order valence-electron chi connectivity index (χ4n) is 7.51. The second kappa shape index (κ2) is 11.7. The van der Waals surface area contributed by atoms with Crippen LogP contribution in [-0.4, -0.2) is 9.55 Å². The Kier molecular flexibility index (Phi) is 6.71. The first-order chi connectivity index (χ1) is 24.8. The molecule has 0 atom stereocenters. The molecule has 10 rings (SSSR count). The Bertz CT molecular complexity index is 2860. The Labute approximate surface area is 294 Å². The lowest BCUT2D eigenvalue weighted by atomic mass is 9.96. The monoisotopic (exact) mass is 654 g/mol. The molecule has 3 heteroatoms. The largest absolute Gasteiger partial charge is 0.309 e. The fraction of sp³-hybridized carbons (Fsp3) is 0. The summed E-state index contributed by atoms with van der Waals surface area (Å²) in [6.45, 7) is 0. The first-order valence-corrected chi connectivity index (χ1v) is 17.8. The number of aromatic nitrogens is 2. The molecule has 0 fully saturated rings. The van der Waals surface area contributed by atoms with Crippen molar-refractivity contribution in [2.45, 2.75) is 0 Å². The molecule has 0 N–H and O–H groups in total. The Morgan fingerprint density at radius 1 is 0.400 bits per heavy atom. The van der Waals surface area contributed by atoms with Crippen molar-refractivity contribution in [2.75, 3.05) is 0 Å². The zero-order valence-corrected chi connectivity index (χ0v) is 27.9. The molecule has 0 spiro atoms. The van der Waals surface area contributed by atoms with Gasteiger partial charge in [-0.3, -0.25) is 0 Å². The highest BCUT2D eigenvalue weighted by Gasteiger charge is 2.19. The molecule has 10 aromatic rings. The van der Waals surface area contributed by atoms with E-state index < -0.39 is 0 Å². The van der Waals surface area contributed by atoms with Crippen LogP contribution in [0.3, 0.4) is 0 Å². The van der Waals surface area contributed by atoms with Gasteiger partial charge in [0.25, 0.3) is 0 Å². The number of nitrogens with zero attached hydrogens (tertiary/aromatic N) is 2. The Balaban J connectivity index is 1.27. The lowest BCUT2D eigenvalue weighted by Crippen LogP contribution is -1.97. The van der Waals surface area contributed by atoms with Crippen LogP contribution in [0.5, 0.6) is 0 Å². The van der Waals surface area contributed by atoms with Crippen molar-refractivity contribution in [1.82, 2.24) is 9.55 Å². The van der Waals surface area contributed by atoms with E-state index in [1.807, 2.05) is 11.3 Å². The zero-order chi connectivity index (χ0) is 33.0. The van der Waals surface area contributed by atoms with Crippen molar-refractivity contribution < 1.29 is 0 Å². The summed E-state index contributed by atoms with van der Waals surface area (Å²) in [5, 5.41) is 5.04. The number of rotatable bonds is 5. The minimum absolute atomic E-state index is 0.950. The van der Waals surface area contributed by atoms with Gasteiger partial charge in [0.05, 0.1) is 22.4 Å². The van der Waals surface area contributed by atoms with Gasteiger partial charge in [-0.25, -0.2) is 4.98 Å². The lowest BCUT2D eigenvalue weighted by Gasteiger charge is -2.14.